The van der Waals surface area contributed by atoms with Gasteiger partial charge in [-0.05, 0) is 0 Å². The van der Waals surface area contributed by atoms with E-state index in [1.54, 1.807) is 18.2 Å². The fourth-order valence-electron chi connectivity index (χ4n) is 0.0750. The minimum absolute atomic E-state index is 0. The van der Waals surface area contributed by atoms with E-state index in [9.17, 15) is 0 Å². The summed E-state index contributed by atoms with van der Waals surface area (Å²) in [5.74, 6) is 0. The van der Waals surface area contributed by atoms with E-state index in [4.69, 9.17) is 15.8 Å². The van der Waals surface area contributed by atoms with Gasteiger partial charge < -0.3 is 0 Å². The monoisotopic (exact) mass is 111 g/mol. The summed E-state index contributed by atoms with van der Waals surface area (Å²) in [5, 5.41) is 23.3. The van der Waals surface area contributed by atoms with Crippen LogP contribution in [0, 0.1) is 34.0 Å². The average Bonchev–Trinajstić information content (AvgIpc) is 1.87. The van der Waals surface area contributed by atoms with Gasteiger partial charge in [-0.2, -0.15) is 15.8 Å². The van der Waals surface area contributed by atoms with Gasteiger partial charge in [0.1, 0.15) is 0 Å². The summed E-state index contributed by atoms with van der Waals surface area (Å²) in [4.78, 5) is 0. The van der Waals surface area contributed by atoms with E-state index >= 15 is 0 Å². The maximum Gasteiger partial charge on any atom is 1.00 e. The zero-order valence-electron chi connectivity index (χ0n) is 4.34. The number of hydrogen-bond donors (Lipinski definition) is 0. The molecule has 0 N–H and O–H groups in total. The minimum Gasteiger partial charge on any atom is -0.199 e. The van der Waals surface area contributed by atoms with Crippen LogP contribution in [0.5, 0.6) is 0 Å². The number of nitrogens with zero attached hydrogens (tertiary/aromatic N) is 3. The van der Waals surface area contributed by atoms with Crippen LogP contribution in [0.25, 0.3) is 0 Å². The molecule has 0 saturated heterocycles. The summed E-state index contributed by atoms with van der Waals surface area (Å²) in [6.45, 7) is 0. The predicted octanol–water partition coefficient (Wildman–Crippen LogP) is -3.91. The molecule has 0 aliphatic heterocycles. The molecule has 0 saturated carbocycles. The Bertz CT molecular complexity index is 169. The van der Waals surface area contributed by atoms with Crippen LogP contribution in [0.1, 0.15) is 0 Å². The smallest absolute Gasteiger partial charge is 0.199 e. The van der Waals surface area contributed by atoms with Crippen molar-refractivity contribution >= 4 is 7.85 Å². The molecule has 0 aromatic rings. The van der Waals surface area contributed by atoms with Crippen LogP contribution in [0.15, 0.2) is 0 Å². The summed E-state index contributed by atoms with van der Waals surface area (Å²) in [6, 6.07) is 5.00. The molecule has 0 bridgehead atoms. The first-order valence-electron chi connectivity index (χ1n) is 1.42. The Hall–Kier alpha value is -0.868. The molecule has 0 rings (SSSR count). The standard InChI is InChI=1S/C4H3BN3.Li/c5-4(1-6,2-7)3-8;/h5H3;/q-1;+1. The Morgan fingerprint density at radius 3 is 1.22 bits per heavy atom. The normalized spacial score (nSPS) is 7.33. The van der Waals surface area contributed by atoms with E-state index in [-0.39, 0.29) is 18.9 Å². The van der Waals surface area contributed by atoms with Crippen LogP contribution in [-0.4, -0.2) is 7.85 Å². The van der Waals surface area contributed by atoms with Gasteiger partial charge in [-0.25, -0.2) is 0 Å². The average molecular weight is 111 g/mol. The van der Waals surface area contributed by atoms with Crippen molar-refractivity contribution in [1.82, 2.24) is 0 Å². The van der Waals surface area contributed by atoms with Gasteiger partial charge in [0.2, 0.25) is 0 Å². The molecule has 9 heavy (non-hydrogen) atoms. The molecule has 0 unspecified atom stereocenters. The van der Waals surface area contributed by atoms with E-state index in [1.165, 1.54) is 0 Å². The molecule has 0 heterocycles. The summed E-state index contributed by atoms with van der Waals surface area (Å²) >= 11 is 0. The Balaban J connectivity index is 0. The Labute approximate surface area is 66.5 Å². The second-order valence-electron chi connectivity index (χ2n) is 0.710. The second-order valence-corrected chi connectivity index (χ2v) is 0.710. The van der Waals surface area contributed by atoms with E-state index in [2.05, 4.69) is 0 Å². The van der Waals surface area contributed by atoms with Crippen molar-refractivity contribution in [3.63, 3.8) is 0 Å². The first-order chi connectivity index (χ1) is 3.68. The Morgan fingerprint density at radius 1 is 1.00 bits per heavy atom. The van der Waals surface area contributed by atoms with Crippen LogP contribution in [-0.2, 0) is 0 Å². The van der Waals surface area contributed by atoms with Crippen molar-refractivity contribution in [2.24, 2.45) is 0 Å². The topological polar surface area (TPSA) is 71.4 Å². The van der Waals surface area contributed by atoms with E-state index < -0.39 is 13.2 Å². The van der Waals surface area contributed by atoms with E-state index in [0.717, 1.165) is 0 Å². The van der Waals surface area contributed by atoms with Crippen LogP contribution in [0.3, 0.4) is 0 Å². The number of hydrogen-bond acceptors (Lipinski definition) is 3. The van der Waals surface area contributed by atoms with Crippen LogP contribution >= 0.6 is 0 Å². The largest absolute Gasteiger partial charge is 1.00 e. The molecule has 0 aliphatic rings. The van der Waals surface area contributed by atoms with Gasteiger partial charge >= 0.3 is 18.9 Å². The van der Waals surface area contributed by atoms with Crippen LogP contribution < -0.4 is 18.9 Å². The Morgan fingerprint density at radius 2 is 1.22 bits per heavy atom. The summed E-state index contributed by atoms with van der Waals surface area (Å²) in [7, 11) is -0.500. The molecule has 0 fully saturated rings. The van der Waals surface area contributed by atoms with Gasteiger partial charge in [0.25, 0.3) is 0 Å². The molecule has 5 heteroatoms. The molecule has 0 aromatic carbocycles. The fraction of sp³-hybridized carbons (Fsp3) is 0.250. The molecule has 0 aromatic heterocycles. The second kappa shape index (κ2) is 4.06. The molecule has 3 nitrogen and oxygen atoms in total. The van der Waals surface area contributed by atoms with Gasteiger partial charge in [-0.15, -0.1) is 0 Å². The van der Waals surface area contributed by atoms with E-state index in [0.29, 0.717) is 0 Å². The molecule has 0 spiro atoms. The summed E-state index contributed by atoms with van der Waals surface area (Å²) < 4.78 is 0. The zero-order valence-corrected chi connectivity index (χ0v) is 4.34. The fourth-order valence-corrected chi connectivity index (χ4v) is 0.0750. The molecule has 38 valence electrons. The Kier molecular flexibility index (Phi) is 4.96. The van der Waals surface area contributed by atoms with Crippen molar-refractivity contribution in [2.75, 3.05) is 0 Å². The van der Waals surface area contributed by atoms with Crippen molar-refractivity contribution in [2.45, 2.75) is 5.31 Å². The van der Waals surface area contributed by atoms with Gasteiger partial charge in [-0.1, -0.05) is 0 Å². The van der Waals surface area contributed by atoms with Gasteiger partial charge in [0.15, 0.2) is 0 Å². The number of rotatable bonds is 0. The molecular weight excluding hydrogens is 108 g/mol. The molecule has 0 aliphatic carbocycles. The summed E-state index contributed by atoms with van der Waals surface area (Å²) in [5.41, 5.74) is 0. The quantitative estimate of drug-likeness (QED) is 0.300. The zero-order chi connectivity index (χ0) is 6.62. The summed E-state index contributed by atoms with van der Waals surface area (Å²) in [6.07, 6.45) is 0. The third-order valence-corrected chi connectivity index (χ3v) is 0.335. The van der Waals surface area contributed by atoms with E-state index in [1.807, 2.05) is 0 Å². The maximum absolute atomic E-state index is 8.15. The molecule has 0 radical (unpaired) electrons. The predicted molar refractivity (Wildman–Crippen MR) is 29.5 cm³/mol. The molecule has 0 amide bonds. The van der Waals surface area contributed by atoms with Gasteiger partial charge in [0.05, 0.1) is 23.5 Å². The molecule has 0 atom stereocenters. The third-order valence-electron chi connectivity index (χ3n) is 0.335. The third kappa shape index (κ3) is 2.84. The van der Waals surface area contributed by atoms with Crippen molar-refractivity contribution in [3.8, 4) is 18.2 Å². The van der Waals surface area contributed by atoms with Crippen molar-refractivity contribution in [3.05, 3.63) is 0 Å². The molecular formula is C4H3BLiN3. The van der Waals surface area contributed by atoms with Crippen molar-refractivity contribution < 1.29 is 18.9 Å². The van der Waals surface area contributed by atoms with Gasteiger partial charge in [-0.3, -0.25) is 0 Å². The number of nitriles is 3. The van der Waals surface area contributed by atoms with Gasteiger partial charge in [0, 0.05) is 7.85 Å². The SMILES string of the molecule is [BH3-]C(C#N)(C#N)C#N.[Li+]. The van der Waals surface area contributed by atoms with Crippen LogP contribution in [0.2, 0.25) is 5.31 Å². The van der Waals surface area contributed by atoms with Crippen LogP contribution in [0.4, 0.5) is 0 Å². The van der Waals surface area contributed by atoms with Crippen molar-refractivity contribution in [1.29, 1.82) is 15.8 Å². The minimum atomic E-state index is -1.21. The first-order valence-corrected chi connectivity index (χ1v) is 1.42. The maximum atomic E-state index is 8.15. The first kappa shape index (κ1) is 11.0.